The van der Waals surface area contributed by atoms with Gasteiger partial charge < -0.3 is 19.5 Å². The summed E-state index contributed by atoms with van der Waals surface area (Å²) >= 11 is 6.80. The summed E-state index contributed by atoms with van der Waals surface area (Å²) in [5.74, 6) is -0.127. The molecule has 0 spiro atoms. The van der Waals surface area contributed by atoms with Crippen molar-refractivity contribution in [3.05, 3.63) is 64.7 Å². The molecule has 2 saturated heterocycles. The largest absolute Gasteiger partial charge is 0.444 e. The van der Waals surface area contributed by atoms with Gasteiger partial charge in [-0.15, -0.1) is 4.99 Å². The maximum atomic E-state index is 13.7. The normalized spacial score (nSPS) is 24.0. The van der Waals surface area contributed by atoms with Gasteiger partial charge in [0.15, 0.2) is 0 Å². The molecule has 2 aromatic carbocycles. The van der Waals surface area contributed by atoms with Gasteiger partial charge in [0.25, 0.3) is 0 Å². The zero-order chi connectivity index (χ0) is 29.8. The Labute approximate surface area is 245 Å². The van der Waals surface area contributed by atoms with Crippen LogP contribution in [0.5, 0.6) is 0 Å². The Hall–Kier alpha value is -3.63. The van der Waals surface area contributed by atoms with E-state index in [1.165, 1.54) is 0 Å². The molecule has 220 valence electrons. The molecule has 0 bridgehead atoms. The second-order valence-corrected chi connectivity index (χ2v) is 11.9. The first-order valence-corrected chi connectivity index (χ1v) is 14.0. The second-order valence-electron chi connectivity index (χ2n) is 11.5. The molecule has 41 heavy (non-hydrogen) atoms. The Morgan fingerprint density at radius 3 is 2.61 bits per heavy atom. The molecule has 0 saturated carbocycles. The molecule has 0 radical (unpaired) electrons. The number of halogens is 1. The van der Waals surface area contributed by atoms with E-state index < -0.39 is 23.3 Å². The molecular formula is C30H37ClN4O6. The molecule has 11 heteroatoms. The van der Waals surface area contributed by atoms with Crippen LogP contribution in [0.3, 0.4) is 0 Å². The van der Waals surface area contributed by atoms with Crippen LogP contribution >= 0.6 is 11.6 Å². The van der Waals surface area contributed by atoms with Crippen molar-refractivity contribution in [2.24, 2.45) is 4.99 Å². The van der Waals surface area contributed by atoms with Crippen LogP contribution in [-0.2, 0) is 31.2 Å². The number of guanidine groups is 1. The molecule has 3 atom stereocenters. The average Bonchev–Trinajstić information content (AvgIpc) is 2.88. The molecule has 2 aliphatic heterocycles. The zero-order valence-electron chi connectivity index (χ0n) is 24.0. The van der Waals surface area contributed by atoms with Crippen molar-refractivity contribution in [1.29, 1.82) is 0 Å². The van der Waals surface area contributed by atoms with E-state index in [2.05, 4.69) is 15.6 Å². The molecule has 2 heterocycles. The van der Waals surface area contributed by atoms with Gasteiger partial charge in [0, 0.05) is 12.6 Å². The van der Waals surface area contributed by atoms with Gasteiger partial charge in [-0.3, -0.25) is 15.0 Å². The van der Waals surface area contributed by atoms with Crippen LogP contribution < -0.4 is 10.6 Å². The Morgan fingerprint density at radius 1 is 1.20 bits per heavy atom. The van der Waals surface area contributed by atoms with Crippen molar-refractivity contribution in [1.82, 2.24) is 10.2 Å². The fourth-order valence-electron chi connectivity index (χ4n) is 4.98. The third-order valence-corrected chi connectivity index (χ3v) is 7.25. The van der Waals surface area contributed by atoms with Gasteiger partial charge in [-0.2, -0.15) is 0 Å². The van der Waals surface area contributed by atoms with Crippen LogP contribution in [-0.4, -0.2) is 53.3 Å². The van der Waals surface area contributed by atoms with Gasteiger partial charge >= 0.3 is 12.2 Å². The smallest absolute Gasteiger partial charge is 0.437 e. The predicted octanol–water partition coefficient (Wildman–Crippen LogP) is 5.98. The molecule has 10 nitrogen and oxygen atoms in total. The van der Waals surface area contributed by atoms with Crippen LogP contribution in [0.4, 0.5) is 15.3 Å². The van der Waals surface area contributed by atoms with Gasteiger partial charge in [-0.1, -0.05) is 54.1 Å². The minimum absolute atomic E-state index is 0.0354. The topological polar surface area (TPSA) is 119 Å². The summed E-state index contributed by atoms with van der Waals surface area (Å²) in [6.45, 7) is 9.58. The lowest BCUT2D eigenvalue weighted by Gasteiger charge is -2.46. The third-order valence-electron chi connectivity index (χ3n) is 6.85. The van der Waals surface area contributed by atoms with Crippen LogP contribution in [0.2, 0.25) is 5.02 Å². The predicted molar refractivity (Wildman–Crippen MR) is 156 cm³/mol. The second kappa shape index (κ2) is 12.5. The lowest BCUT2D eigenvalue weighted by atomic mass is 9.85. The number of nitrogens with one attached hydrogen (secondary N) is 2. The number of nitrogens with zero attached hydrogens (tertiary/aromatic N) is 2. The number of hydrogen-bond acceptors (Lipinski definition) is 6. The van der Waals surface area contributed by atoms with E-state index in [0.29, 0.717) is 30.7 Å². The van der Waals surface area contributed by atoms with Crippen molar-refractivity contribution >= 4 is 41.3 Å². The first kappa shape index (κ1) is 30.3. The van der Waals surface area contributed by atoms with E-state index in [4.69, 9.17) is 25.8 Å². The number of benzene rings is 2. The summed E-state index contributed by atoms with van der Waals surface area (Å²) in [7, 11) is 0. The summed E-state index contributed by atoms with van der Waals surface area (Å²) in [5.41, 5.74) is -0.0949. The summed E-state index contributed by atoms with van der Waals surface area (Å²) in [4.78, 5) is 44.8. The zero-order valence-corrected chi connectivity index (χ0v) is 24.8. The number of carbonyl (C=O) groups is 3. The molecule has 2 fully saturated rings. The molecule has 2 N–H and O–H groups in total. The van der Waals surface area contributed by atoms with Crippen LogP contribution in [0.25, 0.3) is 0 Å². The first-order valence-electron chi connectivity index (χ1n) is 13.6. The lowest BCUT2D eigenvalue weighted by molar-refractivity contribution is -0.134. The van der Waals surface area contributed by atoms with Crippen LogP contribution in [0.15, 0.2) is 53.5 Å². The summed E-state index contributed by atoms with van der Waals surface area (Å²) in [5, 5.41) is 6.23. The Kier molecular flexibility index (Phi) is 9.24. The Morgan fingerprint density at radius 2 is 1.93 bits per heavy atom. The molecule has 0 unspecified atom stereocenters. The number of aliphatic imine (C=N–C) groups is 1. The number of amides is 3. The lowest BCUT2D eigenvalue weighted by Crippen LogP contribution is -2.63. The van der Waals surface area contributed by atoms with Crippen LogP contribution in [0, 0.1) is 0 Å². The maximum Gasteiger partial charge on any atom is 0.437 e. The van der Waals surface area contributed by atoms with Gasteiger partial charge in [0.05, 0.1) is 28.8 Å². The van der Waals surface area contributed by atoms with Gasteiger partial charge in [0.2, 0.25) is 11.9 Å². The van der Waals surface area contributed by atoms with Crippen molar-refractivity contribution in [3.63, 3.8) is 0 Å². The minimum Gasteiger partial charge on any atom is -0.444 e. The van der Waals surface area contributed by atoms with Gasteiger partial charge in [-0.05, 0) is 64.7 Å². The van der Waals surface area contributed by atoms with Gasteiger partial charge in [0.1, 0.15) is 12.2 Å². The fraction of sp³-hybridized carbons (Fsp3) is 0.467. The summed E-state index contributed by atoms with van der Waals surface area (Å²) in [6.07, 6.45) is -0.289. The fourth-order valence-corrected chi connectivity index (χ4v) is 5.36. The molecule has 2 aromatic rings. The van der Waals surface area contributed by atoms with E-state index in [9.17, 15) is 14.4 Å². The average molecular weight is 585 g/mol. The Balaban J connectivity index is 1.59. The van der Waals surface area contributed by atoms with E-state index >= 15 is 0 Å². The highest BCUT2D eigenvalue weighted by Crippen LogP contribution is 2.39. The van der Waals surface area contributed by atoms with Crippen molar-refractivity contribution in [3.8, 4) is 0 Å². The third kappa shape index (κ3) is 7.77. The number of carbonyl (C=O) groups excluding carboxylic acids is 3. The molecular weight excluding hydrogens is 548 g/mol. The van der Waals surface area contributed by atoms with E-state index in [1.807, 2.05) is 37.3 Å². The maximum absolute atomic E-state index is 13.7. The minimum atomic E-state index is -1.05. The molecule has 0 aromatic heterocycles. The molecule has 3 amide bonds. The summed E-state index contributed by atoms with van der Waals surface area (Å²) in [6, 6.07) is 14.3. The highest BCUT2D eigenvalue weighted by Gasteiger charge is 2.45. The quantitative estimate of drug-likeness (QED) is 0.443. The van der Waals surface area contributed by atoms with E-state index in [1.54, 1.807) is 50.8 Å². The standard InChI is InChI=1S/C30H37ClN4O6/c1-19-16-21(14-15-39-19)35-24(36)17-30(5,34-26(35)33-28(38)41-29(2,3)4)22-12-9-13-23(25(22)31)32-27(37)40-18-20-10-7-6-8-11-20/h6-13,19,21H,14-18H2,1-5H3,(H,32,37)(H,33,34,38)/t19-,21+,30+/m1/s1. The van der Waals surface area contributed by atoms with E-state index in [0.717, 1.165) is 5.56 Å². The SMILES string of the molecule is C[C@@H]1C[C@@H](N2C(=O)C[C@@](C)(c3cccc(NC(=O)OCc4ccccc4)c3Cl)N/C2=N\C(=O)OC(C)(C)C)CCO1. The Bertz CT molecular complexity index is 1310. The highest BCUT2D eigenvalue weighted by molar-refractivity contribution is 6.34. The number of ether oxygens (including phenoxy) is 3. The van der Waals surface area contributed by atoms with Crippen LogP contribution in [0.1, 0.15) is 65.0 Å². The van der Waals surface area contributed by atoms with Crippen molar-refractivity contribution < 1.29 is 28.6 Å². The highest BCUT2D eigenvalue weighted by atomic mass is 35.5. The number of rotatable bonds is 5. The first-order chi connectivity index (χ1) is 19.3. The van der Waals surface area contributed by atoms with E-state index in [-0.39, 0.29) is 42.1 Å². The number of anilines is 1. The summed E-state index contributed by atoms with van der Waals surface area (Å²) < 4.78 is 16.4. The molecule has 0 aliphatic carbocycles. The monoisotopic (exact) mass is 584 g/mol. The van der Waals surface area contributed by atoms with Crippen molar-refractivity contribution in [2.45, 2.75) is 83.8 Å². The molecule has 2 aliphatic rings. The van der Waals surface area contributed by atoms with Gasteiger partial charge in [-0.25, -0.2) is 9.59 Å². The number of hydrogen-bond donors (Lipinski definition) is 2. The molecule has 4 rings (SSSR count). The van der Waals surface area contributed by atoms with Crippen molar-refractivity contribution in [2.75, 3.05) is 11.9 Å².